The van der Waals surface area contributed by atoms with Crippen LogP contribution in [0.5, 0.6) is 0 Å². The molecule has 2 nitrogen and oxygen atoms in total. The minimum atomic E-state index is -0.977. The van der Waals surface area contributed by atoms with Gasteiger partial charge in [-0.25, -0.2) is 0 Å². The third-order valence-corrected chi connectivity index (χ3v) is 4.30. The fourth-order valence-electron chi connectivity index (χ4n) is 2.25. The van der Waals surface area contributed by atoms with Crippen molar-refractivity contribution in [2.45, 2.75) is 38.4 Å². The molecule has 126 valence electrons. The first kappa shape index (κ1) is 18.0. The molecule has 0 bridgehead atoms. The van der Waals surface area contributed by atoms with E-state index in [1.54, 1.807) is 20.1 Å². The Morgan fingerprint density at radius 1 is 0.833 bits per heavy atom. The second-order valence-electron chi connectivity index (χ2n) is 6.64. The third-order valence-electron chi connectivity index (χ3n) is 4.30. The van der Waals surface area contributed by atoms with E-state index in [9.17, 15) is 5.11 Å². The summed E-state index contributed by atoms with van der Waals surface area (Å²) in [6.45, 7) is 5.48. The van der Waals surface area contributed by atoms with E-state index in [1.165, 1.54) is 0 Å². The van der Waals surface area contributed by atoms with Gasteiger partial charge in [-0.15, -0.1) is 0 Å². The highest BCUT2D eigenvalue weighted by molar-refractivity contribution is 5.49. The maximum absolute atomic E-state index is 10.5. The Kier molecular flexibility index (Phi) is 5.99. The van der Waals surface area contributed by atoms with Gasteiger partial charge in [-0.2, -0.15) is 0 Å². The molecule has 0 amide bonds. The second kappa shape index (κ2) is 7.98. The number of ether oxygens (including phenoxy) is 1. The molecule has 0 saturated carbocycles. The fourth-order valence-corrected chi connectivity index (χ4v) is 2.25. The molecule has 0 fully saturated rings. The van der Waals surface area contributed by atoms with Crippen LogP contribution in [0.15, 0.2) is 73.0 Å². The Balaban J connectivity index is 2.06. The standard InChI is InChI=1S/C22H26O2/c1-21(2,23)22(3,17-10-15-19-11-6-4-7-12-19)24-18-16-20-13-8-5-9-14-20/h4-16,18,23H,17H2,1-3H3. The van der Waals surface area contributed by atoms with E-state index in [1.807, 2.05) is 85.8 Å². The zero-order valence-electron chi connectivity index (χ0n) is 14.6. The Hall–Kier alpha value is -2.32. The highest BCUT2D eigenvalue weighted by Gasteiger charge is 2.40. The first-order valence-electron chi connectivity index (χ1n) is 8.24. The van der Waals surface area contributed by atoms with Crippen LogP contribution in [0.1, 0.15) is 38.3 Å². The van der Waals surface area contributed by atoms with Crippen LogP contribution in [0, 0.1) is 0 Å². The molecule has 0 aliphatic carbocycles. The molecule has 24 heavy (non-hydrogen) atoms. The van der Waals surface area contributed by atoms with E-state index in [4.69, 9.17) is 4.74 Å². The molecule has 0 aromatic heterocycles. The lowest BCUT2D eigenvalue weighted by Crippen LogP contribution is -2.48. The zero-order chi connectivity index (χ0) is 17.5. The van der Waals surface area contributed by atoms with Crippen molar-refractivity contribution >= 4 is 12.2 Å². The summed E-state index contributed by atoms with van der Waals surface area (Å²) in [7, 11) is 0. The van der Waals surface area contributed by atoms with Gasteiger partial charge in [-0.05, 0) is 38.0 Å². The van der Waals surface area contributed by atoms with Gasteiger partial charge in [-0.1, -0.05) is 72.8 Å². The summed E-state index contributed by atoms with van der Waals surface area (Å²) in [6.07, 6.45) is 8.27. The van der Waals surface area contributed by atoms with Crippen LogP contribution >= 0.6 is 0 Å². The van der Waals surface area contributed by atoms with E-state index in [-0.39, 0.29) is 0 Å². The Labute approximate surface area is 145 Å². The number of benzene rings is 2. The molecular formula is C22H26O2. The van der Waals surface area contributed by atoms with Crippen molar-refractivity contribution in [3.8, 4) is 0 Å². The highest BCUT2D eigenvalue weighted by atomic mass is 16.5. The van der Waals surface area contributed by atoms with Crippen LogP contribution in [0.3, 0.4) is 0 Å². The molecule has 2 aromatic rings. The number of aliphatic hydroxyl groups is 1. The molecule has 1 atom stereocenters. The van der Waals surface area contributed by atoms with Gasteiger partial charge < -0.3 is 9.84 Å². The van der Waals surface area contributed by atoms with Crippen molar-refractivity contribution in [3.63, 3.8) is 0 Å². The Bertz CT molecular complexity index is 613. The van der Waals surface area contributed by atoms with Crippen LogP contribution in [0.25, 0.3) is 12.2 Å². The molecule has 0 radical (unpaired) electrons. The van der Waals surface area contributed by atoms with Crippen LogP contribution in [0.2, 0.25) is 0 Å². The van der Waals surface area contributed by atoms with Crippen LogP contribution < -0.4 is 0 Å². The van der Waals surface area contributed by atoms with Crippen molar-refractivity contribution in [2.75, 3.05) is 0 Å². The second-order valence-corrected chi connectivity index (χ2v) is 6.64. The predicted molar refractivity (Wildman–Crippen MR) is 101 cm³/mol. The zero-order valence-corrected chi connectivity index (χ0v) is 14.6. The van der Waals surface area contributed by atoms with Crippen molar-refractivity contribution in [2.24, 2.45) is 0 Å². The molecule has 1 unspecified atom stereocenters. The minimum absolute atomic E-state index is 0.602. The van der Waals surface area contributed by atoms with E-state index in [0.29, 0.717) is 6.42 Å². The quantitative estimate of drug-likeness (QED) is 0.700. The lowest BCUT2D eigenvalue weighted by molar-refractivity contribution is -0.122. The molecule has 2 rings (SSSR count). The maximum atomic E-state index is 10.5. The average molecular weight is 322 g/mol. The average Bonchev–Trinajstić information content (AvgIpc) is 2.56. The molecular weight excluding hydrogens is 296 g/mol. The fraction of sp³-hybridized carbons (Fsp3) is 0.273. The van der Waals surface area contributed by atoms with Gasteiger partial charge in [0.25, 0.3) is 0 Å². The summed E-state index contributed by atoms with van der Waals surface area (Å²) in [5.41, 5.74) is 0.504. The Morgan fingerprint density at radius 2 is 1.33 bits per heavy atom. The summed E-state index contributed by atoms with van der Waals surface area (Å²) in [5, 5.41) is 10.5. The van der Waals surface area contributed by atoms with Gasteiger partial charge in [0.2, 0.25) is 0 Å². The van der Waals surface area contributed by atoms with Gasteiger partial charge in [0.15, 0.2) is 0 Å². The molecule has 0 aliphatic heterocycles. The van der Waals surface area contributed by atoms with Crippen molar-refractivity contribution in [1.82, 2.24) is 0 Å². The van der Waals surface area contributed by atoms with Gasteiger partial charge >= 0.3 is 0 Å². The summed E-state index contributed by atoms with van der Waals surface area (Å²) in [6, 6.07) is 20.1. The van der Waals surface area contributed by atoms with Gasteiger partial charge in [-0.3, -0.25) is 0 Å². The highest BCUT2D eigenvalue weighted by Crippen LogP contribution is 2.30. The first-order valence-corrected chi connectivity index (χ1v) is 8.24. The topological polar surface area (TPSA) is 29.5 Å². The lowest BCUT2D eigenvalue weighted by atomic mass is 9.84. The van der Waals surface area contributed by atoms with Gasteiger partial charge in [0.05, 0.1) is 11.9 Å². The molecule has 2 heteroatoms. The molecule has 0 saturated heterocycles. The van der Waals surface area contributed by atoms with Crippen LogP contribution in [-0.4, -0.2) is 16.3 Å². The minimum Gasteiger partial charge on any atom is -0.492 e. The third kappa shape index (κ3) is 5.10. The first-order chi connectivity index (χ1) is 11.4. The van der Waals surface area contributed by atoms with Crippen molar-refractivity contribution in [3.05, 3.63) is 84.1 Å². The molecule has 1 N–H and O–H groups in total. The van der Waals surface area contributed by atoms with Crippen LogP contribution in [0.4, 0.5) is 0 Å². The summed E-state index contributed by atoms with van der Waals surface area (Å²) < 4.78 is 5.95. The largest absolute Gasteiger partial charge is 0.492 e. The SMILES string of the molecule is CC(C)(O)C(C)(CC=Cc1ccccc1)OC=Cc1ccccc1. The van der Waals surface area contributed by atoms with Crippen molar-refractivity contribution < 1.29 is 9.84 Å². The Morgan fingerprint density at radius 3 is 1.83 bits per heavy atom. The molecule has 0 aliphatic rings. The summed E-state index contributed by atoms with van der Waals surface area (Å²) >= 11 is 0. The molecule has 0 spiro atoms. The normalized spacial score (nSPS) is 14.8. The number of hydrogen-bond acceptors (Lipinski definition) is 2. The maximum Gasteiger partial charge on any atom is 0.137 e. The van der Waals surface area contributed by atoms with E-state index < -0.39 is 11.2 Å². The smallest absolute Gasteiger partial charge is 0.137 e. The lowest BCUT2D eigenvalue weighted by Gasteiger charge is -2.39. The van der Waals surface area contributed by atoms with Crippen molar-refractivity contribution in [1.29, 1.82) is 0 Å². The van der Waals surface area contributed by atoms with Gasteiger partial charge in [0, 0.05) is 6.42 Å². The monoisotopic (exact) mass is 322 g/mol. The van der Waals surface area contributed by atoms with E-state index >= 15 is 0 Å². The summed E-state index contributed by atoms with van der Waals surface area (Å²) in [5.74, 6) is 0. The number of rotatable bonds is 7. The number of hydrogen-bond donors (Lipinski definition) is 1. The van der Waals surface area contributed by atoms with E-state index in [2.05, 4.69) is 0 Å². The van der Waals surface area contributed by atoms with Crippen LogP contribution in [-0.2, 0) is 4.74 Å². The summed E-state index contributed by atoms with van der Waals surface area (Å²) in [4.78, 5) is 0. The predicted octanol–water partition coefficient (Wildman–Crippen LogP) is 5.31. The van der Waals surface area contributed by atoms with E-state index in [0.717, 1.165) is 11.1 Å². The van der Waals surface area contributed by atoms with Gasteiger partial charge in [0.1, 0.15) is 5.60 Å². The molecule has 2 aromatic carbocycles. The molecule has 0 heterocycles.